The third kappa shape index (κ3) is 8.55. The van der Waals surface area contributed by atoms with Crippen molar-refractivity contribution in [2.45, 2.75) is 12.5 Å². The number of hydrogen-bond donors (Lipinski definition) is 3. The van der Waals surface area contributed by atoms with Gasteiger partial charge in [-0.2, -0.15) is 0 Å². The number of halogens is 1. The molecule has 9 heteroatoms. The number of benzene rings is 6. The van der Waals surface area contributed by atoms with Crippen LogP contribution < -0.4 is 20.1 Å². The molecule has 0 aromatic heterocycles. The Labute approximate surface area is 293 Å². The van der Waals surface area contributed by atoms with Crippen molar-refractivity contribution >= 4 is 35.1 Å². The molecule has 0 fully saturated rings. The number of aliphatic carboxylic acids is 1. The van der Waals surface area contributed by atoms with Crippen molar-refractivity contribution in [3.8, 4) is 34.1 Å². The van der Waals surface area contributed by atoms with E-state index in [1.165, 1.54) is 12.1 Å². The molecule has 248 valence electrons. The third-order valence-corrected chi connectivity index (χ3v) is 7.95. The van der Waals surface area contributed by atoms with Gasteiger partial charge in [0.25, 0.3) is 11.8 Å². The summed E-state index contributed by atoms with van der Waals surface area (Å²) in [6, 6.07) is 43.7. The van der Waals surface area contributed by atoms with Crippen molar-refractivity contribution in [1.82, 2.24) is 5.32 Å². The molecule has 0 saturated carbocycles. The minimum atomic E-state index is -1.10. The van der Waals surface area contributed by atoms with Gasteiger partial charge in [0.05, 0.1) is 23.7 Å². The number of anilines is 1. The molecule has 6 aromatic carbocycles. The molecule has 2 amide bonds. The van der Waals surface area contributed by atoms with Crippen molar-refractivity contribution in [3.63, 3.8) is 0 Å². The number of ether oxygens (including phenoxy) is 2. The van der Waals surface area contributed by atoms with Gasteiger partial charge in [-0.15, -0.1) is 0 Å². The SMILES string of the molecule is O=C(O)CC(NC(=O)c1cc(Cl)ccc1NC(=O)c1cccc(Oc2ccccc2)c1)c1ccc(-c2ccccc2Oc2ccccc2)cc1. The Kier molecular flexibility index (Phi) is 10.5. The van der Waals surface area contributed by atoms with Crippen LogP contribution in [0, 0.1) is 0 Å². The van der Waals surface area contributed by atoms with Crippen LogP contribution in [0.25, 0.3) is 11.1 Å². The van der Waals surface area contributed by atoms with Gasteiger partial charge >= 0.3 is 5.97 Å². The number of amides is 2. The zero-order valence-corrected chi connectivity index (χ0v) is 27.3. The molecular formula is C41H31ClN2O6. The first-order valence-corrected chi connectivity index (χ1v) is 16.1. The fourth-order valence-electron chi connectivity index (χ4n) is 5.30. The monoisotopic (exact) mass is 682 g/mol. The largest absolute Gasteiger partial charge is 0.481 e. The highest BCUT2D eigenvalue weighted by molar-refractivity contribution is 6.31. The standard InChI is InChI=1S/C41H31ClN2O6/c42-30-22-23-36(43-40(47)29-10-9-15-33(24-29)49-31-11-3-1-4-12-31)35(25-30)41(48)44-37(26-39(45)46)28-20-18-27(19-21-28)34-16-7-8-17-38(34)50-32-13-5-2-6-14-32/h1-25,37H,26H2,(H,43,47)(H,44,48)(H,45,46). The Bertz CT molecular complexity index is 2120. The predicted molar refractivity (Wildman–Crippen MR) is 193 cm³/mol. The van der Waals surface area contributed by atoms with Crippen LogP contribution in [0.4, 0.5) is 5.69 Å². The van der Waals surface area contributed by atoms with E-state index in [1.54, 1.807) is 54.6 Å². The van der Waals surface area contributed by atoms with Crippen LogP contribution in [-0.2, 0) is 4.79 Å². The number of carboxylic acid groups (broad SMARTS) is 1. The average Bonchev–Trinajstić information content (AvgIpc) is 3.13. The van der Waals surface area contributed by atoms with Crippen LogP contribution in [0.5, 0.6) is 23.0 Å². The van der Waals surface area contributed by atoms with Gasteiger partial charge in [0, 0.05) is 16.1 Å². The first-order chi connectivity index (χ1) is 24.3. The van der Waals surface area contributed by atoms with E-state index in [0.717, 1.165) is 11.1 Å². The van der Waals surface area contributed by atoms with Gasteiger partial charge in [0.2, 0.25) is 0 Å². The van der Waals surface area contributed by atoms with Gasteiger partial charge in [0.1, 0.15) is 23.0 Å². The lowest BCUT2D eigenvalue weighted by Gasteiger charge is -2.20. The molecule has 50 heavy (non-hydrogen) atoms. The summed E-state index contributed by atoms with van der Waals surface area (Å²) in [5.74, 6) is 0.255. The maximum atomic E-state index is 13.7. The smallest absolute Gasteiger partial charge is 0.305 e. The highest BCUT2D eigenvalue weighted by Gasteiger charge is 2.22. The summed E-state index contributed by atoms with van der Waals surface area (Å²) in [5, 5.41) is 15.6. The molecule has 0 radical (unpaired) electrons. The van der Waals surface area contributed by atoms with Crippen molar-refractivity contribution in [3.05, 3.63) is 173 Å². The van der Waals surface area contributed by atoms with Crippen molar-refractivity contribution in [1.29, 1.82) is 0 Å². The zero-order chi connectivity index (χ0) is 34.9. The van der Waals surface area contributed by atoms with Crippen LogP contribution in [0.2, 0.25) is 5.02 Å². The molecule has 6 aromatic rings. The minimum absolute atomic E-state index is 0.0709. The van der Waals surface area contributed by atoms with Gasteiger partial charge in [-0.1, -0.05) is 96.5 Å². The molecule has 8 nitrogen and oxygen atoms in total. The van der Waals surface area contributed by atoms with Crippen LogP contribution in [0.1, 0.15) is 38.7 Å². The topological polar surface area (TPSA) is 114 Å². The lowest BCUT2D eigenvalue weighted by atomic mass is 9.98. The number of nitrogens with one attached hydrogen (secondary N) is 2. The van der Waals surface area contributed by atoms with E-state index >= 15 is 0 Å². The second-order valence-corrected chi connectivity index (χ2v) is 11.7. The van der Waals surface area contributed by atoms with E-state index in [4.69, 9.17) is 21.1 Å². The lowest BCUT2D eigenvalue weighted by Crippen LogP contribution is -2.31. The molecule has 0 aliphatic carbocycles. The number of carbonyl (C=O) groups excluding carboxylic acids is 2. The number of carbonyl (C=O) groups is 3. The van der Waals surface area contributed by atoms with Crippen molar-refractivity contribution < 1.29 is 29.0 Å². The Balaban J connectivity index is 1.20. The van der Waals surface area contributed by atoms with Crippen LogP contribution >= 0.6 is 11.6 Å². The van der Waals surface area contributed by atoms with E-state index in [-0.39, 0.29) is 22.7 Å². The first-order valence-electron chi connectivity index (χ1n) is 15.7. The molecule has 0 aliphatic heterocycles. The molecule has 0 saturated heterocycles. The van der Waals surface area contributed by atoms with Gasteiger partial charge in [0.15, 0.2) is 0 Å². The summed E-state index contributed by atoms with van der Waals surface area (Å²) < 4.78 is 12.0. The Morgan fingerprint density at radius 2 is 1.28 bits per heavy atom. The van der Waals surface area contributed by atoms with Gasteiger partial charge < -0.3 is 25.2 Å². The van der Waals surface area contributed by atoms with Crippen LogP contribution in [0.3, 0.4) is 0 Å². The molecule has 1 unspecified atom stereocenters. The van der Waals surface area contributed by atoms with E-state index < -0.39 is 23.8 Å². The third-order valence-electron chi connectivity index (χ3n) is 7.72. The molecule has 3 N–H and O–H groups in total. The Morgan fingerprint density at radius 3 is 1.98 bits per heavy atom. The van der Waals surface area contributed by atoms with E-state index in [9.17, 15) is 19.5 Å². The van der Waals surface area contributed by atoms with E-state index in [0.29, 0.717) is 34.1 Å². The maximum absolute atomic E-state index is 13.7. The fourth-order valence-corrected chi connectivity index (χ4v) is 5.47. The van der Waals surface area contributed by atoms with Gasteiger partial charge in [-0.3, -0.25) is 14.4 Å². The average molecular weight is 683 g/mol. The quantitative estimate of drug-likeness (QED) is 0.118. The fraction of sp³-hybridized carbons (Fsp3) is 0.0488. The highest BCUT2D eigenvalue weighted by atomic mass is 35.5. The normalized spacial score (nSPS) is 11.2. The van der Waals surface area contributed by atoms with Crippen LogP contribution in [-0.4, -0.2) is 22.9 Å². The number of carboxylic acids is 1. The predicted octanol–water partition coefficient (Wildman–Crippen LogP) is 9.79. The zero-order valence-electron chi connectivity index (χ0n) is 26.6. The van der Waals surface area contributed by atoms with E-state index in [1.807, 2.05) is 84.9 Å². The molecule has 0 heterocycles. The highest BCUT2D eigenvalue weighted by Crippen LogP contribution is 2.34. The summed E-state index contributed by atoms with van der Waals surface area (Å²) in [4.78, 5) is 39.0. The number of para-hydroxylation sites is 3. The molecule has 1 atom stereocenters. The Morgan fingerprint density at radius 1 is 0.640 bits per heavy atom. The summed E-state index contributed by atoms with van der Waals surface area (Å²) in [5.41, 5.74) is 2.84. The molecule has 6 rings (SSSR count). The second kappa shape index (κ2) is 15.7. The first kappa shape index (κ1) is 33.5. The summed E-state index contributed by atoms with van der Waals surface area (Å²) in [6.07, 6.45) is -0.380. The summed E-state index contributed by atoms with van der Waals surface area (Å²) in [6.45, 7) is 0. The number of rotatable bonds is 12. The molecule has 0 bridgehead atoms. The summed E-state index contributed by atoms with van der Waals surface area (Å²) >= 11 is 6.28. The van der Waals surface area contributed by atoms with Crippen molar-refractivity contribution in [2.75, 3.05) is 5.32 Å². The number of hydrogen-bond acceptors (Lipinski definition) is 5. The van der Waals surface area contributed by atoms with Crippen LogP contribution in [0.15, 0.2) is 152 Å². The molecular weight excluding hydrogens is 652 g/mol. The van der Waals surface area contributed by atoms with E-state index in [2.05, 4.69) is 10.6 Å². The van der Waals surface area contributed by atoms with Gasteiger partial charge in [-0.25, -0.2) is 0 Å². The molecule has 0 aliphatic rings. The summed E-state index contributed by atoms with van der Waals surface area (Å²) in [7, 11) is 0. The van der Waals surface area contributed by atoms with Crippen molar-refractivity contribution in [2.24, 2.45) is 0 Å². The second-order valence-electron chi connectivity index (χ2n) is 11.2. The molecule has 0 spiro atoms. The minimum Gasteiger partial charge on any atom is -0.481 e. The van der Waals surface area contributed by atoms with Gasteiger partial charge in [-0.05, 0) is 77.9 Å². The Hall–Kier alpha value is -6.38. The lowest BCUT2D eigenvalue weighted by molar-refractivity contribution is -0.137. The maximum Gasteiger partial charge on any atom is 0.305 e.